The van der Waals surface area contributed by atoms with E-state index in [9.17, 15) is 4.79 Å². The number of hydrogen-bond acceptors (Lipinski definition) is 4. The van der Waals surface area contributed by atoms with Crippen molar-refractivity contribution in [2.24, 2.45) is 0 Å². The third kappa shape index (κ3) is 4.03. The predicted octanol–water partition coefficient (Wildman–Crippen LogP) is 3.14. The molecule has 0 saturated heterocycles. The number of para-hydroxylation sites is 1. The fourth-order valence-corrected chi connectivity index (χ4v) is 3.30. The Labute approximate surface area is 163 Å². The second-order valence-electron chi connectivity index (χ2n) is 6.00. The van der Waals surface area contributed by atoms with Gasteiger partial charge >= 0.3 is 0 Å². The molecule has 0 bridgehead atoms. The van der Waals surface area contributed by atoms with E-state index in [1.807, 2.05) is 49.4 Å². The lowest BCUT2D eigenvalue weighted by molar-refractivity contribution is -0.113. The molecule has 0 aromatic heterocycles. The molecule has 6 nitrogen and oxygen atoms in total. The number of carbonyl (C=O) groups excluding carboxylic acids is 1. The SMILES string of the molecule is COc1cccc(NC(=O)C2=C(C)NC(=S)NC2c2ccccc2OC)c1. The van der Waals surface area contributed by atoms with E-state index in [-0.39, 0.29) is 5.91 Å². The molecule has 27 heavy (non-hydrogen) atoms. The summed E-state index contributed by atoms with van der Waals surface area (Å²) in [6.07, 6.45) is 0. The van der Waals surface area contributed by atoms with Gasteiger partial charge in [0.1, 0.15) is 11.5 Å². The van der Waals surface area contributed by atoms with E-state index >= 15 is 0 Å². The van der Waals surface area contributed by atoms with Crippen LogP contribution in [0.15, 0.2) is 59.8 Å². The van der Waals surface area contributed by atoms with Crippen LogP contribution in [0.1, 0.15) is 18.5 Å². The van der Waals surface area contributed by atoms with Gasteiger partial charge in [-0.3, -0.25) is 4.79 Å². The van der Waals surface area contributed by atoms with Gasteiger partial charge in [0.15, 0.2) is 5.11 Å². The first-order valence-corrected chi connectivity index (χ1v) is 8.81. The number of allylic oxidation sites excluding steroid dienone is 1. The standard InChI is InChI=1S/C20H21N3O3S/c1-12-17(19(24)22-13-7-6-8-14(11-13)25-2)18(23-20(27)21-12)15-9-4-5-10-16(15)26-3/h4-11,18H,1-3H3,(H,22,24)(H2,21,23,27). The summed E-state index contributed by atoms with van der Waals surface area (Å²) in [5.74, 6) is 1.11. The highest BCUT2D eigenvalue weighted by Crippen LogP contribution is 2.33. The minimum absolute atomic E-state index is 0.237. The first kappa shape index (κ1) is 18.7. The summed E-state index contributed by atoms with van der Waals surface area (Å²) in [6, 6.07) is 14.3. The van der Waals surface area contributed by atoms with E-state index in [0.717, 1.165) is 5.56 Å². The molecule has 1 amide bonds. The number of thiocarbonyl (C=S) groups is 1. The molecule has 0 radical (unpaired) electrons. The maximum absolute atomic E-state index is 13.1. The second-order valence-corrected chi connectivity index (χ2v) is 6.41. The molecule has 2 aromatic rings. The molecule has 0 spiro atoms. The van der Waals surface area contributed by atoms with E-state index in [1.165, 1.54) is 0 Å². The molecule has 1 atom stereocenters. The zero-order chi connectivity index (χ0) is 19.4. The Hall–Kier alpha value is -3.06. The summed E-state index contributed by atoms with van der Waals surface area (Å²) in [5.41, 5.74) is 2.71. The van der Waals surface area contributed by atoms with E-state index < -0.39 is 6.04 Å². The van der Waals surface area contributed by atoms with Gasteiger partial charge < -0.3 is 25.4 Å². The van der Waals surface area contributed by atoms with Gasteiger partial charge in [-0.25, -0.2) is 0 Å². The Kier molecular flexibility index (Phi) is 5.61. The van der Waals surface area contributed by atoms with Crippen LogP contribution in [0.2, 0.25) is 0 Å². The number of anilines is 1. The molecule has 1 unspecified atom stereocenters. The summed E-state index contributed by atoms with van der Waals surface area (Å²) >= 11 is 5.30. The summed E-state index contributed by atoms with van der Waals surface area (Å²) in [5, 5.41) is 9.59. The molecular formula is C20H21N3O3S. The van der Waals surface area contributed by atoms with Crippen LogP contribution in [0, 0.1) is 0 Å². The summed E-state index contributed by atoms with van der Waals surface area (Å²) in [4.78, 5) is 13.1. The van der Waals surface area contributed by atoms with Gasteiger partial charge in [0, 0.05) is 23.0 Å². The normalized spacial score (nSPS) is 16.3. The average Bonchev–Trinajstić information content (AvgIpc) is 2.67. The van der Waals surface area contributed by atoms with Crippen molar-refractivity contribution in [3.8, 4) is 11.5 Å². The minimum atomic E-state index is -0.430. The molecule has 0 fully saturated rings. The number of methoxy groups -OCH3 is 2. The molecular weight excluding hydrogens is 362 g/mol. The Bertz CT molecular complexity index is 911. The van der Waals surface area contributed by atoms with Crippen molar-refractivity contribution in [3.05, 3.63) is 65.4 Å². The first-order valence-electron chi connectivity index (χ1n) is 8.40. The number of ether oxygens (including phenoxy) is 2. The van der Waals surface area contributed by atoms with Crippen molar-refractivity contribution in [1.82, 2.24) is 10.6 Å². The quantitative estimate of drug-likeness (QED) is 0.689. The molecule has 1 aliphatic rings. The van der Waals surface area contributed by atoms with Gasteiger partial charge in [-0.15, -0.1) is 0 Å². The highest BCUT2D eigenvalue weighted by atomic mass is 32.1. The number of nitrogens with one attached hydrogen (secondary N) is 3. The average molecular weight is 383 g/mol. The number of rotatable bonds is 5. The molecule has 1 heterocycles. The molecule has 0 aliphatic carbocycles. The molecule has 0 saturated carbocycles. The van der Waals surface area contributed by atoms with Crippen molar-refractivity contribution in [1.29, 1.82) is 0 Å². The molecule has 3 N–H and O–H groups in total. The largest absolute Gasteiger partial charge is 0.497 e. The van der Waals surface area contributed by atoms with Gasteiger partial charge in [0.2, 0.25) is 0 Å². The first-order chi connectivity index (χ1) is 13.0. The van der Waals surface area contributed by atoms with E-state index in [1.54, 1.807) is 20.3 Å². The van der Waals surface area contributed by atoms with Crippen molar-refractivity contribution in [2.45, 2.75) is 13.0 Å². The van der Waals surface area contributed by atoms with Gasteiger partial charge in [0.05, 0.1) is 25.8 Å². The van der Waals surface area contributed by atoms with Crippen LogP contribution in [0.4, 0.5) is 5.69 Å². The Morgan fingerprint density at radius 3 is 2.63 bits per heavy atom. The monoisotopic (exact) mass is 383 g/mol. The topological polar surface area (TPSA) is 71.6 Å². The van der Waals surface area contributed by atoms with Crippen molar-refractivity contribution in [3.63, 3.8) is 0 Å². The van der Waals surface area contributed by atoms with Crippen molar-refractivity contribution >= 4 is 28.9 Å². The van der Waals surface area contributed by atoms with Gasteiger partial charge in [-0.05, 0) is 37.3 Å². The van der Waals surface area contributed by atoms with E-state index in [0.29, 0.717) is 33.6 Å². The highest BCUT2D eigenvalue weighted by Gasteiger charge is 2.31. The van der Waals surface area contributed by atoms with Crippen LogP contribution < -0.4 is 25.4 Å². The third-order valence-corrected chi connectivity index (χ3v) is 4.51. The molecule has 3 rings (SSSR count). The van der Waals surface area contributed by atoms with E-state index in [2.05, 4.69) is 16.0 Å². The molecule has 7 heteroatoms. The lowest BCUT2D eigenvalue weighted by Crippen LogP contribution is -2.45. The molecule has 2 aromatic carbocycles. The van der Waals surface area contributed by atoms with Crippen molar-refractivity contribution < 1.29 is 14.3 Å². The summed E-state index contributed by atoms with van der Waals surface area (Å²) in [6.45, 7) is 1.83. The highest BCUT2D eigenvalue weighted by molar-refractivity contribution is 7.80. The Morgan fingerprint density at radius 1 is 1.11 bits per heavy atom. The lowest BCUT2D eigenvalue weighted by Gasteiger charge is -2.31. The Morgan fingerprint density at radius 2 is 1.89 bits per heavy atom. The number of carbonyl (C=O) groups is 1. The van der Waals surface area contributed by atoms with Gasteiger partial charge in [0.25, 0.3) is 5.91 Å². The van der Waals surface area contributed by atoms with Crippen molar-refractivity contribution in [2.75, 3.05) is 19.5 Å². The number of hydrogen-bond donors (Lipinski definition) is 3. The van der Waals surface area contributed by atoms with E-state index in [4.69, 9.17) is 21.7 Å². The predicted molar refractivity (Wildman–Crippen MR) is 109 cm³/mol. The van der Waals surface area contributed by atoms with Crippen LogP contribution in [0.5, 0.6) is 11.5 Å². The zero-order valence-electron chi connectivity index (χ0n) is 15.3. The van der Waals surface area contributed by atoms with Crippen LogP contribution in [0.25, 0.3) is 0 Å². The van der Waals surface area contributed by atoms with Crippen LogP contribution >= 0.6 is 12.2 Å². The molecule has 1 aliphatic heterocycles. The number of benzene rings is 2. The number of amides is 1. The van der Waals surface area contributed by atoms with Crippen LogP contribution in [-0.4, -0.2) is 25.2 Å². The summed E-state index contributed by atoms with van der Waals surface area (Å²) < 4.78 is 10.7. The van der Waals surface area contributed by atoms with Gasteiger partial charge in [-0.2, -0.15) is 0 Å². The fourth-order valence-electron chi connectivity index (χ4n) is 3.03. The zero-order valence-corrected chi connectivity index (χ0v) is 16.1. The Balaban J connectivity index is 1.97. The van der Waals surface area contributed by atoms with Crippen LogP contribution in [-0.2, 0) is 4.79 Å². The van der Waals surface area contributed by atoms with Crippen LogP contribution in [0.3, 0.4) is 0 Å². The smallest absolute Gasteiger partial charge is 0.255 e. The van der Waals surface area contributed by atoms with Gasteiger partial charge in [-0.1, -0.05) is 24.3 Å². The summed E-state index contributed by atoms with van der Waals surface area (Å²) in [7, 11) is 3.19. The molecule has 140 valence electrons. The maximum Gasteiger partial charge on any atom is 0.255 e. The second kappa shape index (κ2) is 8.09. The maximum atomic E-state index is 13.1. The fraction of sp³-hybridized carbons (Fsp3) is 0.200. The third-order valence-electron chi connectivity index (χ3n) is 4.29. The minimum Gasteiger partial charge on any atom is -0.497 e. The lowest BCUT2D eigenvalue weighted by atomic mass is 9.94.